The van der Waals surface area contributed by atoms with Crippen LogP contribution in [0.25, 0.3) is 11.0 Å². The number of hydrogen-bond acceptors (Lipinski definition) is 4. The predicted octanol–water partition coefficient (Wildman–Crippen LogP) is 3.47. The van der Waals surface area contributed by atoms with E-state index < -0.39 is 23.6 Å². The number of aromatic amines is 1. The number of aromatic nitrogens is 2. The summed E-state index contributed by atoms with van der Waals surface area (Å²) in [6, 6.07) is 5.42. The number of nitrogens with zero attached hydrogens (tertiary/aromatic N) is 2. The lowest BCUT2D eigenvalue weighted by atomic mass is 9.87. The largest absolute Gasteiger partial charge is 0.381 e. The minimum atomic E-state index is -1.03. The van der Waals surface area contributed by atoms with Gasteiger partial charge in [0.05, 0.1) is 11.6 Å². The fourth-order valence-electron chi connectivity index (χ4n) is 4.77. The van der Waals surface area contributed by atoms with Crippen LogP contribution in [0.1, 0.15) is 28.9 Å². The van der Waals surface area contributed by atoms with E-state index in [1.165, 1.54) is 12.3 Å². The average Bonchev–Trinajstić information content (AvgIpc) is 3.55. The maximum atomic E-state index is 14.4. The average molecular weight is 489 g/mol. The Morgan fingerprint density at radius 3 is 2.88 bits per heavy atom. The summed E-state index contributed by atoms with van der Waals surface area (Å²) in [5.41, 5.74) is 0.755. The number of likely N-dealkylation sites (tertiary alicyclic amines) is 1. The highest BCUT2D eigenvalue weighted by Gasteiger charge is 2.44. The summed E-state index contributed by atoms with van der Waals surface area (Å²) < 4.78 is 33.4. The molecule has 7 nitrogen and oxygen atoms in total. The molecule has 1 unspecified atom stereocenters. The molecule has 2 aliphatic heterocycles. The third kappa shape index (κ3) is 4.50. The van der Waals surface area contributed by atoms with Crippen molar-refractivity contribution in [2.45, 2.75) is 25.3 Å². The molecule has 2 N–H and O–H groups in total. The zero-order chi connectivity index (χ0) is 23.9. The molecule has 178 valence electrons. The maximum Gasteiger partial charge on any atom is 0.268 e. The minimum Gasteiger partial charge on any atom is -0.381 e. The van der Waals surface area contributed by atoms with Crippen LogP contribution in [0.4, 0.5) is 8.78 Å². The Balaban J connectivity index is 1.39. The van der Waals surface area contributed by atoms with Gasteiger partial charge in [0.25, 0.3) is 5.91 Å². The van der Waals surface area contributed by atoms with Crippen LogP contribution in [0.3, 0.4) is 0 Å². The van der Waals surface area contributed by atoms with E-state index in [2.05, 4.69) is 15.3 Å². The van der Waals surface area contributed by atoms with Gasteiger partial charge in [-0.05, 0) is 36.6 Å². The Labute approximate surface area is 199 Å². The summed E-state index contributed by atoms with van der Waals surface area (Å²) in [6.07, 6.45) is 3.05. The number of pyridine rings is 1. The van der Waals surface area contributed by atoms with Crippen LogP contribution in [-0.2, 0) is 16.0 Å². The van der Waals surface area contributed by atoms with Crippen molar-refractivity contribution in [3.05, 3.63) is 64.4 Å². The van der Waals surface area contributed by atoms with E-state index in [-0.39, 0.29) is 29.0 Å². The van der Waals surface area contributed by atoms with Gasteiger partial charge in [-0.1, -0.05) is 17.7 Å². The fraction of sp³-hybridized carbons (Fsp3) is 0.375. The van der Waals surface area contributed by atoms with Gasteiger partial charge in [0, 0.05) is 49.2 Å². The van der Waals surface area contributed by atoms with Gasteiger partial charge in [-0.3, -0.25) is 9.59 Å². The molecule has 2 atom stereocenters. The van der Waals surface area contributed by atoms with Crippen molar-refractivity contribution in [3.63, 3.8) is 0 Å². The molecular formula is C24H23ClF2N4O3. The number of amides is 2. The lowest BCUT2D eigenvalue weighted by Crippen LogP contribution is -2.49. The van der Waals surface area contributed by atoms with Gasteiger partial charge in [0.1, 0.15) is 29.0 Å². The second-order valence-electron chi connectivity index (χ2n) is 9.05. The van der Waals surface area contributed by atoms with Crippen LogP contribution >= 0.6 is 11.6 Å². The van der Waals surface area contributed by atoms with Crippen LogP contribution < -0.4 is 5.32 Å². The summed E-state index contributed by atoms with van der Waals surface area (Å²) in [7, 11) is 0. The van der Waals surface area contributed by atoms with Crippen LogP contribution in [0.2, 0.25) is 5.02 Å². The Hall–Kier alpha value is -3.04. The Kier molecular flexibility index (Phi) is 5.99. The number of rotatable bonds is 5. The standard InChI is InChI=1S/C24H23ClF2N4O3/c25-16-7-15-9-19(29-21(15)28-11-16)22(32)30-20(8-14-1-2-17(26)10-18(14)27)23(33)31-5-3-24(12-31)4-6-34-13-24/h1-2,7,9-11,20H,3-6,8,12-13H2,(H,28,29)(H,30,32)/t20-,24?/m0/s1. The number of carbonyl (C=O) groups is 2. The van der Waals surface area contributed by atoms with Crippen molar-refractivity contribution in [1.29, 1.82) is 0 Å². The Morgan fingerprint density at radius 1 is 1.26 bits per heavy atom. The quantitative estimate of drug-likeness (QED) is 0.575. The van der Waals surface area contributed by atoms with Gasteiger partial charge < -0.3 is 19.9 Å². The Bertz CT molecular complexity index is 1260. The van der Waals surface area contributed by atoms with Gasteiger partial charge in [-0.2, -0.15) is 0 Å². The van der Waals surface area contributed by atoms with Gasteiger partial charge in [0.15, 0.2) is 0 Å². The number of nitrogens with one attached hydrogen (secondary N) is 2. The fourth-order valence-corrected chi connectivity index (χ4v) is 4.94. The molecule has 1 aromatic carbocycles. The number of H-pyrrole nitrogens is 1. The summed E-state index contributed by atoms with van der Waals surface area (Å²) in [5.74, 6) is -2.31. The first-order valence-corrected chi connectivity index (χ1v) is 11.5. The first kappa shape index (κ1) is 22.7. The number of fused-ring (bicyclic) bond motifs is 1. The molecule has 10 heteroatoms. The number of hydrogen-bond donors (Lipinski definition) is 2. The van der Waals surface area contributed by atoms with E-state index in [9.17, 15) is 18.4 Å². The molecule has 3 aromatic rings. The van der Waals surface area contributed by atoms with Crippen molar-refractivity contribution in [3.8, 4) is 0 Å². The zero-order valence-electron chi connectivity index (χ0n) is 18.2. The van der Waals surface area contributed by atoms with Crippen molar-refractivity contribution >= 4 is 34.4 Å². The molecule has 0 aliphatic carbocycles. The van der Waals surface area contributed by atoms with E-state index in [1.807, 2.05) is 0 Å². The molecule has 2 aliphatic rings. The summed E-state index contributed by atoms with van der Waals surface area (Å²) in [6.45, 7) is 2.33. The van der Waals surface area contributed by atoms with Gasteiger partial charge in [-0.15, -0.1) is 0 Å². The van der Waals surface area contributed by atoms with Gasteiger partial charge >= 0.3 is 0 Å². The smallest absolute Gasteiger partial charge is 0.268 e. The topological polar surface area (TPSA) is 87.3 Å². The number of carbonyl (C=O) groups excluding carboxylic acids is 2. The number of halogens is 3. The normalized spacial score (nSPS) is 20.9. The molecule has 0 bridgehead atoms. The molecule has 4 heterocycles. The molecule has 34 heavy (non-hydrogen) atoms. The number of benzene rings is 1. The molecule has 2 saturated heterocycles. The summed E-state index contributed by atoms with van der Waals surface area (Å²) in [4.78, 5) is 35.3. The maximum absolute atomic E-state index is 14.4. The molecule has 2 fully saturated rings. The van der Waals surface area contributed by atoms with Gasteiger partial charge in [-0.25, -0.2) is 13.8 Å². The van der Waals surface area contributed by atoms with Gasteiger partial charge in [0.2, 0.25) is 5.91 Å². The highest BCUT2D eigenvalue weighted by molar-refractivity contribution is 6.31. The first-order valence-electron chi connectivity index (χ1n) is 11.1. The molecule has 2 aromatic heterocycles. The molecule has 1 spiro atoms. The van der Waals surface area contributed by atoms with Crippen LogP contribution in [0.15, 0.2) is 36.5 Å². The molecule has 2 amide bonds. The van der Waals surface area contributed by atoms with Crippen molar-refractivity contribution in [1.82, 2.24) is 20.2 Å². The molecule has 0 saturated carbocycles. The third-order valence-electron chi connectivity index (χ3n) is 6.66. The van der Waals surface area contributed by atoms with E-state index in [4.69, 9.17) is 16.3 Å². The minimum absolute atomic E-state index is 0.0620. The van der Waals surface area contributed by atoms with E-state index >= 15 is 0 Å². The van der Waals surface area contributed by atoms with E-state index in [0.717, 1.165) is 25.0 Å². The van der Waals surface area contributed by atoms with Crippen LogP contribution in [0, 0.1) is 17.0 Å². The van der Waals surface area contributed by atoms with E-state index in [0.29, 0.717) is 42.4 Å². The third-order valence-corrected chi connectivity index (χ3v) is 6.87. The lowest BCUT2D eigenvalue weighted by molar-refractivity contribution is -0.132. The second kappa shape index (κ2) is 8.96. The molecule has 5 rings (SSSR count). The van der Waals surface area contributed by atoms with Crippen molar-refractivity contribution < 1.29 is 23.1 Å². The summed E-state index contributed by atoms with van der Waals surface area (Å²) in [5, 5.41) is 3.82. The number of ether oxygens (including phenoxy) is 1. The lowest BCUT2D eigenvalue weighted by Gasteiger charge is -2.26. The van der Waals surface area contributed by atoms with Crippen molar-refractivity contribution in [2.24, 2.45) is 5.41 Å². The highest BCUT2D eigenvalue weighted by atomic mass is 35.5. The molecule has 0 radical (unpaired) electrons. The molecular weight excluding hydrogens is 466 g/mol. The van der Waals surface area contributed by atoms with Crippen LogP contribution in [-0.4, -0.2) is 59.0 Å². The predicted molar refractivity (Wildman–Crippen MR) is 121 cm³/mol. The SMILES string of the molecule is O=C(N[C@@H](Cc1ccc(F)cc1F)C(=O)N1CCC2(CCOC2)C1)c1cc2cc(Cl)cnc2[nH]1. The van der Waals surface area contributed by atoms with E-state index in [1.54, 1.807) is 17.0 Å². The summed E-state index contributed by atoms with van der Waals surface area (Å²) >= 11 is 5.98. The first-order chi connectivity index (χ1) is 16.3. The Morgan fingerprint density at radius 2 is 2.12 bits per heavy atom. The monoisotopic (exact) mass is 488 g/mol. The zero-order valence-corrected chi connectivity index (χ0v) is 19.0. The van der Waals surface area contributed by atoms with Crippen molar-refractivity contribution in [2.75, 3.05) is 26.3 Å². The highest BCUT2D eigenvalue weighted by Crippen LogP contribution is 2.38. The second-order valence-corrected chi connectivity index (χ2v) is 9.49. The van der Waals surface area contributed by atoms with Crippen LogP contribution in [0.5, 0.6) is 0 Å².